The van der Waals surface area contributed by atoms with E-state index >= 15 is 0 Å². The molecule has 6 nitrogen and oxygen atoms in total. The van der Waals surface area contributed by atoms with Gasteiger partial charge in [-0.25, -0.2) is 0 Å². The van der Waals surface area contributed by atoms with Crippen LogP contribution in [0.3, 0.4) is 0 Å². The van der Waals surface area contributed by atoms with Crippen molar-refractivity contribution in [3.05, 3.63) is 34.4 Å². The number of nitrogens with zero attached hydrogens (tertiary/aromatic N) is 2. The van der Waals surface area contributed by atoms with E-state index in [2.05, 4.69) is 5.32 Å². The van der Waals surface area contributed by atoms with Crippen LogP contribution in [0, 0.1) is 10.1 Å². The Morgan fingerprint density at radius 1 is 1.45 bits per heavy atom. The zero-order valence-corrected chi connectivity index (χ0v) is 12.1. The van der Waals surface area contributed by atoms with E-state index in [0.29, 0.717) is 18.7 Å². The third kappa shape index (κ3) is 4.22. The number of nitro benzene ring substituents is 1. The van der Waals surface area contributed by atoms with Crippen molar-refractivity contribution in [1.82, 2.24) is 4.90 Å². The van der Waals surface area contributed by atoms with Crippen LogP contribution in [0.15, 0.2) is 24.3 Å². The summed E-state index contributed by atoms with van der Waals surface area (Å²) in [5, 5.41) is 13.8. The molecule has 110 valence electrons. The highest BCUT2D eigenvalue weighted by atomic mass is 16.6. The van der Waals surface area contributed by atoms with Crippen LogP contribution in [-0.2, 0) is 4.79 Å². The Balaban J connectivity index is 2.53. The molecule has 1 aromatic rings. The third-order valence-electron chi connectivity index (χ3n) is 3.40. The Morgan fingerprint density at radius 2 is 2.10 bits per heavy atom. The van der Waals surface area contributed by atoms with E-state index in [4.69, 9.17) is 0 Å². The van der Waals surface area contributed by atoms with E-state index in [9.17, 15) is 14.9 Å². The first kappa shape index (κ1) is 15.9. The molecule has 1 atom stereocenters. The SMILES string of the molecule is CCC(C)N(C)C(=O)CCNc1ccccc1[N+](=O)[O-]. The first-order chi connectivity index (χ1) is 9.47. The third-order valence-corrected chi connectivity index (χ3v) is 3.40. The largest absolute Gasteiger partial charge is 0.379 e. The van der Waals surface area contributed by atoms with Crippen LogP contribution in [0.1, 0.15) is 26.7 Å². The number of carbonyl (C=O) groups is 1. The summed E-state index contributed by atoms with van der Waals surface area (Å²) in [6.07, 6.45) is 1.21. The molecule has 1 N–H and O–H groups in total. The Hall–Kier alpha value is -2.11. The van der Waals surface area contributed by atoms with Gasteiger partial charge < -0.3 is 10.2 Å². The molecule has 0 radical (unpaired) electrons. The van der Waals surface area contributed by atoms with Gasteiger partial charge in [0.1, 0.15) is 5.69 Å². The van der Waals surface area contributed by atoms with E-state index in [1.807, 2.05) is 13.8 Å². The zero-order valence-electron chi connectivity index (χ0n) is 12.1. The van der Waals surface area contributed by atoms with Crippen molar-refractivity contribution in [2.45, 2.75) is 32.7 Å². The normalized spacial score (nSPS) is 11.8. The molecular formula is C14H21N3O3. The molecule has 1 aromatic carbocycles. The molecule has 1 rings (SSSR count). The topological polar surface area (TPSA) is 75.5 Å². The van der Waals surface area contributed by atoms with E-state index < -0.39 is 4.92 Å². The lowest BCUT2D eigenvalue weighted by Gasteiger charge is -2.23. The van der Waals surface area contributed by atoms with E-state index in [0.717, 1.165) is 6.42 Å². The van der Waals surface area contributed by atoms with Crippen molar-refractivity contribution < 1.29 is 9.72 Å². The first-order valence-corrected chi connectivity index (χ1v) is 6.70. The van der Waals surface area contributed by atoms with E-state index in [-0.39, 0.29) is 17.6 Å². The minimum absolute atomic E-state index is 0.0234. The van der Waals surface area contributed by atoms with Gasteiger partial charge in [-0.2, -0.15) is 0 Å². The van der Waals surface area contributed by atoms with Gasteiger partial charge in [-0.1, -0.05) is 19.1 Å². The number of nitro groups is 1. The van der Waals surface area contributed by atoms with Crippen molar-refractivity contribution in [1.29, 1.82) is 0 Å². The van der Waals surface area contributed by atoms with Gasteiger partial charge in [0, 0.05) is 32.1 Å². The van der Waals surface area contributed by atoms with Crippen LogP contribution in [0.25, 0.3) is 0 Å². The van der Waals surface area contributed by atoms with Crippen molar-refractivity contribution in [3.8, 4) is 0 Å². The van der Waals surface area contributed by atoms with Gasteiger partial charge in [0.05, 0.1) is 4.92 Å². The maximum Gasteiger partial charge on any atom is 0.292 e. The highest BCUT2D eigenvalue weighted by Crippen LogP contribution is 2.22. The fourth-order valence-corrected chi connectivity index (χ4v) is 1.78. The molecule has 1 amide bonds. The maximum atomic E-state index is 11.9. The van der Waals surface area contributed by atoms with Crippen LogP contribution in [0.2, 0.25) is 0 Å². The molecule has 0 aliphatic carbocycles. The molecule has 0 saturated heterocycles. The van der Waals surface area contributed by atoms with Gasteiger partial charge in [-0.15, -0.1) is 0 Å². The summed E-state index contributed by atoms with van der Waals surface area (Å²) < 4.78 is 0. The van der Waals surface area contributed by atoms with Crippen LogP contribution in [0.4, 0.5) is 11.4 Å². The number of anilines is 1. The van der Waals surface area contributed by atoms with E-state index in [1.165, 1.54) is 6.07 Å². The fraction of sp³-hybridized carbons (Fsp3) is 0.500. The molecular weight excluding hydrogens is 258 g/mol. The number of benzene rings is 1. The Morgan fingerprint density at radius 3 is 2.70 bits per heavy atom. The van der Waals surface area contributed by atoms with Gasteiger partial charge in [0.2, 0.25) is 5.91 Å². The summed E-state index contributed by atoms with van der Waals surface area (Å²) in [5.41, 5.74) is 0.465. The smallest absolute Gasteiger partial charge is 0.292 e. The molecule has 0 saturated carbocycles. The number of amides is 1. The number of hydrogen-bond donors (Lipinski definition) is 1. The standard InChI is InChI=1S/C14H21N3O3/c1-4-11(2)16(3)14(18)9-10-15-12-7-5-6-8-13(12)17(19)20/h5-8,11,15H,4,9-10H2,1-3H3. The lowest BCUT2D eigenvalue weighted by Crippen LogP contribution is -2.35. The van der Waals surface area contributed by atoms with Gasteiger partial charge in [-0.3, -0.25) is 14.9 Å². The summed E-state index contributed by atoms with van der Waals surface area (Å²) in [5.74, 6) is 0.0328. The second-order valence-electron chi connectivity index (χ2n) is 4.71. The van der Waals surface area contributed by atoms with Crippen LogP contribution in [0.5, 0.6) is 0 Å². The number of carbonyl (C=O) groups excluding carboxylic acids is 1. The molecule has 0 bridgehead atoms. The van der Waals surface area contributed by atoms with Crippen LogP contribution < -0.4 is 5.32 Å². The molecule has 0 aliphatic heterocycles. The average Bonchev–Trinajstić information content (AvgIpc) is 2.45. The second-order valence-corrected chi connectivity index (χ2v) is 4.71. The van der Waals surface area contributed by atoms with Gasteiger partial charge >= 0.3 is 0 Å². The number of nitrogens with one attached hydrogen (secondary N) is 1. The summed E-state index contributed by atoms with van der Waals surface area (Å²) in [6, 6.07) is 6.62. The fourth-order valence-electron chi connectivity index (χ4n) is 1.78. The lowest BCUT2D eigenvalue weighted by molar-refractivity contribution is -0.384. The Labute approximate surface area is 118 Å². The molecule has 6 heteroatoms. The molecule has 0 heterocycles. The molecule has 0 spiro atoms. The molecule has 20 heavy (non-hydrogen) atoms. The summed E-state index contributed by atoms with van der Waals surface area (Å²) in [4.78, 5) is 24.0. The van der Waals surface area contributed by atoms with Crippen LogP contribution >= 0.6 is 0 Å². The minimum Gasteiger partial charge on any atom is -0.379 e. The number of rotatable bonds is 7. The monoisotopic (exact) mass is 279 g/mol. The zero-order chi connectivity index (χ0) is 15.1. The molecule has 0 aromatic heterocycles. The average molecular weight is 279 g/mol. The highest BCUT2D eigenvalue weighted by Gasteiger charge is 2.15. The van der Waals surface area contributed by atoms with Gasteiger partial charge in [-0.05, 0) is 19.4 Å². The van der Waals surface area contributed by atoms with Crippen molar-refractivity contribution in [2.75, 3.05) is 18.9 Å². The predicted molar refractivity (Wildman–Crippen MR) is 78.7 cm³/mol. The maximum absolute atomic E-state index is 11.9. The van der Waals surface area contributed by atoms with Crippen molar-refractivity contribution >= 4 is 17.3 Å². The quantitative estimate of drug-likeness (QED) is 0.615. The van der Waals surface area contributed by atoms with E-state index in [1.54, 1.807) is 30.1 Å². The Bertz CT molecular complexity index is 476. The first-order valence-electron chi connectivity index (χ1n) is 6.70. The Kier molecular flexibility index (Phi) is 5.96. The molecule has 1 unspecified atom stereocenters. The minimum atomic E-state index is -0.435. The number of para-hydroxylation sites is 2. The molecule has 0 fully saturated rings. The van der Waals surface area contributed by atoms with Gasteiger partial charge in [0.25, 0.3) is 5.69 Å². The van der Waals surface area contributed by atoms with Crippen LogP contribution in [-0.4, -0.2) is 35.4 Å². The molecule has 0 aliphatic rings. The number of hydrogen-bond acceptors (Lipinski definition) is 4. The predicted octanol–water partition coefficient (Wildman–Crippen LogP) is 2.65. The summed E-state index contributed by atoms with van der Waals surface area (Å²) >= 11 is 0. The second kappa shape index (κ2) is 7.47. The lowest BCUT2D eigenvalue weighted by atomic mass is 10.2. The summed E-state index contributed by atoms with van der Waals surface area (Å²) in [6.45, 7) is 4.40. The highest BCUT2D eigenvalue weighted by molar-refractivity contribution is 5.77. The van der Waals surface area contributed by atoms with Crippen molar-refractivity contribution in [2.24, 2.45) is 0 Å². The van der Waals surface area contributed by atoms with Crippen molar-refractivity contribution in [3.63, 3.8) is 0 Å². The summed E-state index contributed by atoms with van der Waals surface area (Å²) in [7, 11) is 1.78. The van der Waals surface area contributed by atoms with Gasteiger partial charge in [0.15, 0.2) is 0 Å².